The number of imidazole rings is 1. The molecule has 0 amide bonds. The third kappa shape index (κ3) is 2.75. The van der Waals surface area contributed by atoms with Crippen molar-refractivity contribution < 1.29 is 23.4 Å². The van der Waals surface area contributed by atoms with Crippen LogP contribution >= 0.6 is 7.82 Å². The summed E-state index contributed by atoms with van der Waals surface area (Å²) in [5.41, 5.74) is 0. The van der Waals surface area contributed by atoms with Crippen molar-refractivity contribution in [1.29, 1.82) is 0 Å². The number of aromatic nitrogens is 2. The highest BCUT2D eigenvalue weighted by molar-refractivity contribution is 7.44. The number of rotatable bonds is 3. The van der Waals surface area contributed by atoms with E-state index in [4.69, 9.17) is 4.89 Å². The van der Waals surface area contributed by atoms with E-state index in [2.05, 4.69) is 9.51 Å². The Balaban J connectivity index is 2.62. The van der Waals surface area contributed by atoms with Crippen LogP contribution < -0.4 is 9.46 Å². The van der Waals surface area contributed by atoms with Gasteiger partial charge in [-0.05, 0) is 0 Å². The van der Waals surface area contributed by atoms with Gasteiger partial charge >= 0.3 is 0 Å². The van der Waals surface area contributed by atoms with Gasteiger partial charge < -0.3 is 9.79 Å². The molecule has 1 aromatic heterocycles. The monoisotopic (exact) mass is 192 g/mol. The molecule has 1 aromatic rings. The zero-order chi connectivity index (χ0) is 9.19. The van der Waals surface area contributed by atoms with Crippen LogP contribution in [0.4, 0.5) is 0 Å². The van der Waals surface area contributed by atoms with Gasteiger partial charge in [0.2, 0.25) is 12.6 Å². The molecule has 0 aliphatic rings. The number of hydrogen-bond acceptors (Lipinski definition) is 3. The summed E-state index contributed by atoms with van der Waals surface area (Å²) < 4.78 is 16.0. The van der Waals surface area contributed by atoms with Crippen LogP contribution in [0.3, 0.4) is 0 Å². The summed E-state index contributed by atoms with van der Waals surface area (Å²) in [6.45, 7) is 1.49. The summed E-state index contributed by atoms with van der Waals surface area (Å²) in [7, 11) is -4.65. The summed E-state index contributed by atoms with van der Waals surface area (Å²) in [5.74, 6) is 0. The van der Waals surface area contributed by atoms with E-state index in [9.17, 15) is 9.46 Å². The first-order chi connectivity index (χ1) is 5.49. The molecule has 0 radical (unpaired) electrons. The highest BCUT2D eigenvalue weighted by Gasteiger charge is 2.14. The first-order valence-electron chi connectivity index (χ1n) is 3.25. The zero-order valence-corrected chi connectivity index (χ0v) is 7.27. The predicted molar refractivity (Wildman–Crippen MR) is 36.6 cm³/mol. The fourth-order valence-corrected chi connectivity index (χ4v) is 1.27. The average molecular weight is 192 g/mol. The average Bonchev–Trinajstić information content (AvgIpc) is 2.32. The van der Waals surface area contributed by atoms with Crippen LogP contribution in [0.2, 0.25) is 0 Å². The lowest BCUT2D eigenvalue weighted by Gasteiger charge is -2.18. The predicted octanol–water partition coefficient (Wildman–Crippen LogP) is -0.702. The van der Waals surface area contributed by atoms with E-state index in [1.165, 1.54) is 17.8 Å². The van der Waals surface area contributed by atoms with Gasteiger partial charge in [-0.25, -0.2) is 4.57 Å². The van der Waals surface area contributed by atoms with Crippen molar-refractivity contribution in [2.24, 2.45) is 0 Å². The maximum Gasteiger partial charge on any atom is 0.268 e. The standard InChI is InChI=1S/C5H9N2O4P/c1-5(11-12(8,9)10)7-3-2-6-4-7/h2-5H,1H3,(H2,8,9,10). The first-order valence-corrected chi connectivity index (χ1v) is 4.74. The number of nitrogens with one attached hydrogen (secondary N) is 1. The molecule has 0 aliphatic carbocycles. The molecule has 1 heterocycles. The third-order valence-electron chi connectivity index (χ3n) is 1.27. The quantitative estimate of drug-likeness (QED) is 0.489. The molecule has 0 saturated carbocycles. The molecule has 2 unspecified atom stereocenters. The molecule has 6 nitrogen and oxygen atoms in total. The molecule has 0 aliphatic heterocycles. The minimum absolute atomic E-state index is 0.746. The van der Waals surface area contributed by atoms with Gasteiger partial charge in [0.25, 0.3) is 7.82 Å². The topological polar surface area (TPSA) is 89.3 Å². The van der Waals surface area contributed by atoms with E-state index in [-0.39, 0.29) is 0 Å². The normalized spacial score (nSPS) is 18.6. The van der Waals surface area contributed by atoms with Crippen LogP contribution in [-0.2, 0) is 9.09 Å². The Morgan fingerprint density at radius 3 is 2.92 bits per heavy atom. The van der Waals surface area contributed by atoms with Crippen LogP contribution in [0.1, 0.15) is 13.2 Å². The van der Waals surface area contributed by atoms with E-state index < -0.39 is 14.1 Å². The maximum atomic E-state index is 10.3. The zero-order valence-electron chi connectivity index (χ0n) is 6.38. The largest absolute Gasteiger partial charge is 0.756 e. The number of hydrogen-bond donors (Lipinski definition) is 2. The molecule has 2 N–H and O–H groups in total. The Hall–Kier alpha value is -0.680. The van der Waals surface area contributed by atoms with Gasteiger partial charge in [0, 0.05) is 6.92 Å². The molecule has 0 fully saturated rings. The van der Waals surface area contributed by atoms with Gasteiger partial charge in [-0.1, -0.05) is 0 Å². The Morgan fingerprint density at radius 1 is 1.83 bits per heavy atom. The van der Waals surface area contributed by atoms with Gasteiger partial charge in [-0.3, -0.25) is 14.1 Å². The van der Waals surface area contributed by atoms with Crippen molar-refractivity contribution in [3.63, 3.8) is 0 Å². The Bertz CT molecular complexity index is 280. The second kappa shape index (κ2) is 3.37. The van der Waals surface area contributed by atoms with E-state index >= 15 is 0 Å². The number of aromatic amines is 1. The van der Waals surface area contributed by atoms with E-state index in [1.54, 1.807) is 12.4 Å². The second-order valence-electron chi connectivity index (χ2n) is 2.23. The van der Waals surface area contributed by atoms with Gasteiger partial charge in [0.15, 0.2) is 0 Å². The summed E-state index contributed by atoms with van der Waals surface area (Å²) in [6.07, 6.45) is 3.96. The van der Waals surface area contributed by atoms with Crippen molar-refractivity contribution in [3.05, 3.63) is 18.7 Å². The molecule has 1 rings (SSSR count). The van der Waals surface area contributed by atoms with Crippen molar-refractivity contribution in [3.8, 4) is 0 Å². The smallest absolute Gasteiger partial charge is 0.268 e. The molecule has 12 heavy (non-hydrogen) atoms. The van der Waals surface area contributed by atoms with Crippen molar-refractivity contribution in [2.45, 2.75) is 13.2 Å². The van der Waals surface area contributed by atoms with Crippen molar-refractivity contribution >= 4 is 7.82 Å². The van der Waals surface area contributed by atoms with E-state index in [1.807, 2.05) is 0 Å². The molecular weight excluding hydrogens is 183 g/mol. The highest BCUT2D eigenvalue weighted by Crippen LogP contribution is 2.33. The van der Waals surface area contributed by atoms with Crippen molar-refractivity contribution in [1.82, 2.24) is 4.98 Å². The molecule has 0 aromatic carbocycles. The summed E-state index contributed by atoms with van der Waals surface area (Å²) >= 11 is 0. The van der Waals surface area contributed by atoms with Gasteiger partial charge in [-0.15, -0.1) is 0 Å². The molecule has 0 saturated heterocycles. The van der Waals surface area contributed by atoms with Gasteiger partial charge in [0.05, 0.1) is 0 Å². The fraction of sp³-hybridized carbons (Fsp3) is 0.400. The van der Waals surface area contributed by atoms with Crippen LogP contribution in [-0.4, -0.2) is 9.88 Å². The van der Waals surface area contributed by atoms with E-state index in [0.29, 0.717) is 0 Å². The van der Waals surface area contributed by atoms with Crippen molar-refractivity contribution in [2.75, 3.05) is 0 Å². The highest BCUT2D eigenvalue weighted by atomic mass is 31.2. The summed E-state index contributed by atoms with van der Waals surface area (Å²) in [6, 6.07) is 0. The van der Waals surface area contributed by atoms with Gasteiger partial charge in [0.1, 0.15) is 12.4 Å². The minimum Gasteiger partial charge on any atom is -0.756 e. The summed E-state index contributed by atoms with van der Waals surface area (Å²) in [4.78, 5) is 21.3. The fourth-order valence-electron chi connectivity index (χ4n) is 0.775. The Morgan fingerprint density at radius 2 is 2.50 bits per heavy atom. The van der Waals surface area contributed by atoms with Gasteiger partial charge in [-0.2, -0.15) is 0 Å². The van der Waals surface area contributed by atoms with Crippen LogP contribution in [0.15, 0.2) is 18.7 Å². The molecule has 0 spiro atoms. The number of phosphoric acid groups is 1. The molecule has 68 valence electrons. The number of phosphoric ester groups is 1. The number of H-pyrrole nitrogens is 1. The summed E-state index contributed by atoms with van der Waals surface area (Å²) in [5, 5.41) is 0. The molecular formula is C5H9N2O4P. The van der Waals surface area contributed by atoms with Crippen LogP contribution in [0, 0.1) is 0 Å². The third-order valence-corrected chi connectivity index (χ3v) is 1.84. The SMILES string of the molecule is CC(OP(=O)([O-])O)[n+]1cc[nH]c1. The molecule has 7 heteroatoms. The molecule has 0 bridgehead atoms. The number of nitrogens with zero attached hydrogens (tertiary/aromatic N) is 1. The second-order valence-corrected chi connectivity index (χ2v) is 3.38. The Labute approximate surface area is 69.1 Å². The Kier molecular flexibility index (Phi) is 2.64. The maximum absolute atomic E-state index is 10.3. The lowest BCUT2D eigenvalue weighted by atomic mass is 10.6. The first kappa shape index (κ1) is 9.41. The van der Waals surface area contributed by atoms with Crippen LogP contribution in [0.25, 0.3) is 0 Å². The lowest BCUT2D eigenvalue weighted by molar-refractivity contribution is -0.751. The van der Waals surface area contributed by atoms with E-state index in [0.717, 1.165) is 0 Å². The lowest BCUT2D eigenvalue weighted by Crippen LogP contribution is -2.36. The molecule has 2 atom stereocenters. The minimum atomic E-state index is -4.65. The van der Waals surface area contributed by atoms with Crippen LogP contribution in [0.5, 0.6) is 0 Å².